The Balaban J connectivity index is 2.08. The van der Waals surface area contributed by atoms with Crippen molar-refractivity contribution in [3.8, 4) is 17.3 Å². The topological polar surface area (TPSA) is 49.8 Å². The average Bonchev–Trinajstić information content (AvgIpc) is 3.01. The summed E-state index contributed by atoms with van der Waals surface area (Å²) in [6.45, 7) is 6.42. The average molecular weight is 340 g/mol. The number of aromatic nitrogens is 1. The van der Waals surface area contributed by atoms with Gasteiger partial charge in [0.05, 0.1) is 11.3 Å². The van der Waals surface area contributed by atoms with Crippen molar-refractivity contribution in [3.05, 3.63) is 65.4 Å². The number of nitriles is 1. The Bertz CT molecular complexity index is 1150. The van der Waals surface area contributed by atoms with Crippen molar-refractivity contribution < 1.29 is 4.42 Å². The van der Waals surface area contributed by atoms with Crippen molar-refractivity contribution in [2.45, 2.75) is 27.2 Å². The molecule has 4 aromatic rings. The molecule has 26 heavy (non-hydrogen) atoms. The summed E-state index contributed by atoms with van der Waals surface area (Å²) >= 11 is 0. The summed E-state index contributed by atoms with van der Waals surface area (Å²) in [7, 11) is 0. The fourth-order valence-electron chi connectivity index (χ4n) is 3.62. The Morgan fingerprint density at radius 1 is 1.08 bits per heavy atom. The van der Waals surface area contributed by atoms with E-state index in [0.29, 0.717) is 17.1 Å². The van der Waals surface area contributed by atoms with Crippen LogP contribution in [0.15, 0.2) is 53.1 Å². The third-order valence-electron chi connectivity index (χ3n) is 4.78. The zero-order valence-corrected chi connectivity index (χ0v) is 15.2. The highest BCUT2D eigenvalue weighted by Gasteiger charge is 2.19. The van der Waals surface area contributed by atoms with E-state index in [4.69, 9.17) is 4.42 Å². The number of nitrogens with zero attached hydrogens (tertiary/aromatic N) is 2. The molecule has 3 heteroatoms. The van der Waals surface area contributed by atoms with Crippen molar-refractivity contribution in [3.63, 3.8) is 0 Å². The molecule has 0 radical (unpaired) electrons. The molecule has 0 aliphatic carbocycles. The molecule has 0 N–H and O–H groups in total. The number of rotatable bonds is 3. The fourth-order valence-corrected chi connectivity index (χ4v) is 3.62. The van der Waals surface area contributed by atoms with E-state index in [1.165, 1.54) is 0 Å². The third kappa shape index (κ3) is 2.55. The maximum atomic E-state index is 9.84. The highest BCUT2D eigenvalue weighted by atomic mass is 16.3. The number of hydrogen-bond donors (Lipinski definition) is 0. The summed E-state index contributed by atoms with van der Waals surface area (Å²) in [5.74, 6) is 0.478. The van der Waals surface area contributed by atoms with Gasteiger partial charge in [0, 0.05) is 22.5 Å². The van der Waals surface area contributed by atoms with Gasteiger partial charge in [-0.2, -0.15) is 5.26 Å². The zero-order chi connectivity index (χ0) is 18.3. The van der Waals surface area contributed by atoms with Crippen LogP contribution in [0, 0.1) is 24.2 Å². The van der Waals surface area contributed by atoms with Gasteiger partial charge in [0.2, 0.25) is 0 Å². The van der Waals surface area contributed by atoms with Gasteiger partial charge in [-0.05, 0) is 54.7 Å². The van der Waals surface area contributed by atoms with Crippen molar-refractivity contribution >= 4 is 21.9 Å². The molecule has 128 valence electrons. The van der Waals surface area contributed by atoms with Gasteiger partial charge in [-0.15, -0.1) is 0 Å². The van der Waals surface area contributed by atoms with E-state index in [2.05, 4.69) is 44.0 Å². The summed E-state index contributed by atoms with van der Waals surface area (Å²) < 4.78 is 6.27. The van der Waals surface area contributed by atoms with Gasteiger partial charge >= 0.3 is 0 Å². The van der Waals surface area contributed by atoms with E-state index in [9.17, 15) is 5.26 Å². The van der Waals surface area contributed by atoms with Crippen LogP contribution in [0.1, 0.15) is 30.5 Å². The Hall–Kier alpha value is -3.12. The first-order valence-corrected chi connectivity index (χ1v) is 8.89. The fraction of sp³-hybridized carbons (Fsp3) is 0.217. The van der Waals surface area contributed by atoms with Gasteiger partial charge in [-0.1, -0.05) is 32.0 Å². The number of para-hydroxylation sites is 1. The highest BCUT2D eigenvalue weighted by Crippen LogP contribution is 2.38. The molecule has 0 fully saturated rings. The molecular formula is C23H20N2O. The number of hydrogen-bond acceptors (Lipinski definition) is 3. The van der Waals surface area contributed by atoms with Gasteiger partial charge in [-0.3, -0.25) is 4.98 Å². The van der Waals surface area contributed by atoms with E-state index in [0.717, 1.165) is 45.2 Å². The second-order valence-corrected chi connectivity index (χ2v) is 7.13. The van der Waals surface area contributed by atoms with Crippen molar-refractivity contribution in [1.82, 2.24) is 4.98 Å². The van der Waals surface area contributed by atoms with Crippen molar-refractivity contribution in [1.29, 1.82) is 5.26 Å². The SMILES string of the molecule is Cc1cc2c(oc3c(-c4ccccn4)cccc32)c(C#N)c1CC(C)C. The monoisotopic (exact) mass is 340 g/mol. The Kier molecular flexibility index (Phi) is 3.97. The van der Waals surface area contributed by atoms with Gasteiger partial charge in [0.15, 0.2) is 5.58 Å². The molecule has 2 heterocycles. The van der Waals surface area contributed by atoms with Crippen LogP contribution in [0.4, 0.5) is 0 Å². The lowest BCUT2D eigenvalue weighted by molar-refractivity contribution is 0.638. The molecule has 3 nitrogen and oxygen atoms in total. The van der Waals surface area contributed by atoms with Crippen LogP contribution in [0.5, 0.6) is 0 Å². The zero-order valence-electron chi connectivity index (χ0n) is 15.2. The molecule has 0 aliphatic rings. The first kappa shape index (κ1) is 16.4. The number of fused-ring (bicyclic) bond motifs is 3. The second-order valence-electron chi connectivity index (χ2n) is 7.13. The minimum Gasteiger partial charge on any atom is -0.454 e. The molecular weight excluding hydrogens is 320 g/mol. The van der Waals surface area contributed by atoms with Crippen LogP contribution in [0.2, 0.25) is 0 Å². The molecule has 0 saturated heterocycles. The molecule has 2 aromatic carbocycles. The van der Waals surface area contributed by atoms with Crippen LogP contribution in [0.25, 0.3) is 33.2 Å². The van der Waals surface area contributed by atoms with Crippen LogP contribution < -0.4 is 0 Å². The first-order chi connectivity index (χ1) is 12.6. The molecule has 0 aliphatic heterocycles. The van der Waals surface area contributed by atoms with Crippen LogP contribution in [-0.4, -0.2) is 4.98 Å². The third-order valence-corrected chi connectivity index (χ3v) is 4.78. The minimum atomic E-state index is 0.478. The normalized spacial score (nSPS) is 11.3. The lowest BCUT2D eigenvalue weighted by Crippen LogP contribution is -2.00. The molecule has 0 atom stereocenters. The summed E-state index contributed by atoms with van der Waals surface area (Å²) in [4.78, 5) is 4.46. The van der Waals surface area contributed by atoms with E-state index in [1.807, 2.05) is 30.3 Å². The summed E-state index contributed by atoms with van der Waals surface area (Å²) in [5.41, 5.74) is 6.20. The maximum absolute atomic E-state index is 9.84. The number of furan rings is 1. The largest absolute Gasteiger partial charge is 0.454 e. The first-order valence-electron chi connectivity index (χ1n) is 8.89. The number of benzene rings is 2. The van der Waals surface area contributed by atoms with Gasteiger partial charge < -0.3 is 4.42 Å². The quantitative estimate of drug-likeness (QED) is 0.458. The number of aryl methyl sites for hydroxylation is 1. The van der Waals surface area contributed by atoms with Crippen LogP contribution in [-0.2, 0) is 6.42 Å². The summed E-state index contributed by atoms with van der Waals surface area (Å²) in [6, 6.07) is 16.5. The Labute approximate surface area is 152 Å². The van der Waals surface area contributed by atoms with Gasteiger partial charge in [-0.25, -0.2) is 0 Å². The highest BCUT2D eigenvalue weighted by molar-refractivity contribution is 6.11. The summed E-state index contributed by atoms with van der Waals surface area (Å²) in [5, 5.41) is 11.9. The van der Waals surface area contributed by atoms with Crippen LogP contribution in [0.3, 0.4) is 0 Å². The molecule has 0 unspecified atom stereocenters. The molecule has 4 rings (SSSR count). The van der Waals surface area contributed by atoms with Gasteiger partial charge in [0.25, 0.3) is 0 Å². The van der Waals surface area contributed by atoms with E-state index >= 15 is 0 Å². The molecule has 0 bridgehead atoms. The summed E-state index contributed by atoms with van der Waals surface area (Å²) in [6.07, 6.45) is 2.65. The van der Waals surface area contributed by atoms with E-state index in [-0.39, 0.29) is 0 Å². The van der Waals surface area contributed by atoms with E-state index < -0.39 is 0 Å². The smallest absolute Gasteiger partial charge is 0.153 e. The Morgan fingerprint density at radius 2 is 1.92 bits per heavy atom. The number of pyridine rings is 1. The predicted molar refractivity (Wildman–Crippen MR) is 105 cm³/mol. The van der Waals surface area contributed by atoms with Gasteiger partial charge in [0.1, 0.15) is 11.7 Å². The van der Waals surface area contributed by atoms with Crippen LogP contribution >= 0.6 is 0 Å². The Morgan fingerprint density at radius 3 is 2.62 bits per heavy atom. The van der Waals surface area contributed by atoms with Crippen molar-refractivity contribution in [2.24, 2.45) is 5.92 Å². The maximum Gasteiger partial charge on any atom is 0.153 e. The minimum absolute atomic E-state index is 0.478. The van der Waals surface area contributed by atoms with E-state index in [1.54, 1.807) is 6.20 Å². The lowest BCUT2D eigenvalue weighted by atomic mass is 9.92. The lowest BCUT2D eigenvalue weighted by Gasteiger charge is -2.11. The molecule has 0 spiro atoms. The predicted octanol–water partition coefficient (Wildman–Crippen LogP) is 6.03. The second kappa shape index (κ2) is 6.31. The standard InChI is InChI=1S/C23H20N2O/c1-14(2)11-18-15(3)12-19-16-7-6-8-17(21-9-4-5-10-25-21)22(16)26-23(19)20(18)13-24/h4-10,12,14H,11H2,1-3H3. The van der Waals surface area contributed by atoms with Crippen molar-refractivity contribution in [2.75, 3.05) is 0 Å². The molecule has 0 saturated carbocycles. The molecule has 0 amide bonds. The molecule has 2 aromatic heterocycles.